The third kappa shape index (κ3) is 3.47. The van der Waals surface area contributed by atoms with Crippen LogP contribution in [-0.2, 0) is 4.79 Å². The summed E-state index contributed by atoms with van der Waals surface area (Å²) in [6, 6.07) is 4.10. The topological polar surface area (TPSA) is 78.3 Å². The average molecular weight is 250 g/mol. The zero-order valence-electron chi connectivity index (χ0n) is 11.5. The highest BCUT2D eigenvalue weighted by molar-refractivity contribution is 5.83. The normalized spacial score (nSPS) is 14.1. The minimum atomic E-state index is -1.02. The van der Waals surface area contributed by atoms with Crippen LogP contribution in [0.15, 0.2) is 12.1 Å². The smallest absolute Gasteiger partial charge is 0.237 e. The molecule has 1 unspecified atom stereocenters. The molecule has 4 heteroatoms. The molecule has 0 aromatic heterocycles. The fraction of sp³-hybridized carbons (Fsp3) is 0.500. The Morgan fingerprint density at radius 1 is 1.33 bits per heavy atom. The molecular formula is C14H22N2O2. The van der Waals surface area contributed by atoms with Gasteiger partial charge >= 0.3 is 0 Å². The number of hydrogen-bond acceptors (Lipinski definition) is 3. The second kappa shape index (κ2) is 5.40. The summed E-state index contributed by atoms with van der Waals surface area (Å²) in [6.45, 7) is 8.08. The zero-order chi connectivity index (χ0) is 13.9. The number of rotatable bonds is 5. The molecule has 0 aliphatic rings. The van der Waals surface area contributed by atoms with Crippen LogP contribution in [0.25, 0.3) is 0 Å². The van der Waals surface area contributed by atoms with Gasteiger partial charge in [-0.1, -0.05) is 6.07 Å². The molecule has 0 fully saturated rings. The van der Waals surface area contributed by atoms with Crippen molar-refractivity contribution in [2.24, 2.45) is 11.5 Å². The second-order valence-corrected chi connectivity index (χ2v) is 5.09. The quantitative estimate of drug-likeness (QED) is 0.832. The maximum absolute atomic E-state index is 11.1. The van der Waals surface area contributed by atoms with Gasteiger partial charge in [-0.2, -0.15) is 0 Å². The molecule has 1 amide bonds. The number of primary amides is 1. The van der Waals surface area contributed by atoms with Crippen molar-refractivity contribution in [3.05, 3.63) is 28.8 Å². The lowest BCUT2D eigenvalue weighted by atomic mass is 9.99. The van der Waals surface area contributed by atoms with Crippen LogP contribution in [0.4, 0.5) is 0 Å². The summed E-state index contributed by atoms with van der Waals surface area (Å²) in [5.74, 6) is 0.330. The summed E-state index contributed by atoms with van der Waals surface area (Å²) in [7, 11) is 0. The molecule has 0 bridgehead atoms. The lowest BCUT2D eigenvalue weighted by Crippen LogP contribution is -2.50. The molecule has 0 radical (unpaired) electrons. The first-order valence-corrected chi connectivity index (χ1v) is 6.03. The molecule has 1 aromatic carbocycles. The molecule has 0 heterocycles. The van der Waals surface area contributed by atoms with Crippen molar-refractivity contribution >= 4 is 5.91 Å². The monoisotopic (exact) mass is 250 g/mol. The Bertz CT molecular complexity index is 453. The maximum Gasteiger partial charge on any atom is 0.237 e. The van der Waals surface area contributed by atoms with Crippen molar-refractivity contribution in [2.45, 2.75) is 39.7 Å². The molecule has 0 spiro atoms. The van der Waals surface area contributed by atoms with Gasteiger partial charge in [-0.25, -0.2) is 0 Å². The van der Waals surface area contributed by atoms with Gasteiger partial charge in [-0.15, -0.1) is 0 Å². The molecule has 0 aliphatic carbocycles. The molecule has 100 valence electrons. The van der Waals surface area contributed by atoms with Crippen LogP contribution in [0.2, 0.25) is 0 Å². The maximum atomic E-state index is 11.1. The van der Waals surface area contributed by atoms with Crippen molar-refractivity contribution < 1.29 is 9.53 Å². The van der Waals surface area contributed by atoms with Gasteiger partial charge in [0.15, 0.2) is 0 Å². The Balaban J connectivity index is 2.68. The highest BCUT2D eigenvalue weighted by Gasteiger charge is 2.25. The number of ether oxygens (including phenoxy) is 1. The Morgan fingerprint density at radius 3 is 2.50 bits per heavy atom. The Kier molecular flexibility index (Phi) is 4.35. The van der Waals surface area contributed by atoms with Gasteiger partial charge in [-0.3, -0.25) is 4.79 Å². The van der Waals surface area contributed by atoms with Gasteiger partial charge in [-0.05, 0) is 50.5 Å². The molecule has 0 saturated heterocycles. The van der Waals surface area contributed by atoms with Crippen LogP contribution >= 0.6 is 0 Å². The van der Waals surface area contributed by atoms with Crippen LogP contribution in [0.1, 0.15) is 30.0 Å². The Hall–Kier alpha value is -1.55. The summed E-state index contributed by atoms with van der Waals surface area (Å²) >= 11 is 0. The SMILES string of the molecule is Cc1cc(C)c(C)c(OCCC(C)(N)C(N)=O)c1. The Labute approximate surface area is 108 Å². The van der Waals surface area contributed by atoms with E-state index in [0.29, 0.717) is 13.0 Å². The molecular weight excluding hydrogens is 228 g/mol. The lowest BCUT2D eigenvalue weighted by Gasteiger charge is -2.21. The van der Waals surface area contributed by atoms with Gasteiger partial charge in [0.1, 0.15) is 5.75 Å². The number of carbonyl (C=O) groups is 1. The number of nitrogens with two attached hydrogens (primary N) is 2. The van der Waals surface area contributed by atoms with Crippen LogP contribution in [0.5, 0.6) is 5.75 Å². The van der Waals surface area contributed by atoms with E-state index in [4.69, 9.17) is 16.2 Å². The van der Waals surface area contributed by atoms with Gasteiger partial charge < -0.3 is 16.2 Å². The molecule has 1 atom stereocenters. The van der Waals surface area contributed by atoms with Crippen molar-refractivity contribution in [1.82, 2.24) is 0 Å². The fourth-order valence-corrected chi connectivity index (χ4v) is 1.65. The first-order chi connectivity index (χ1) is 8.24. The van der Waals surface area contributed by atoms with Crippen molar-refractivity contribution in [1.29, 1.82) is 0 Å². The fourth-order valence-electron chi connectivity index (χ4n) is 1.65. The van der Waals surface area contributed by atoms with Crippen LogP contribution in [0, 0.1) is 20.8 Å². The van der Waals surface area contributed by atoms with Gasteiger partial charge in [0.2, 0.25) is 5.91 Å². The Morgan fingerprint density at radius 2 is 1.94 bits per heavy atom. The second-order valence-electron chi connectivity index (χ2n) is 5.09. The van der Waals surface area contributed by atoms with Gasteiger partial charge in [0, 0.05) is 6.42 Å². The minimum absolute atomic E-state index is 0.375. The van der Waals surface area contributed by atoms with E-state index in [1.807, 2.05) is 26.8 Å². The van der Waals surface area contributed by atoms with E-state index < -0.39 is 11.4 Å². The first kappa shape index (κ1) is 14.5. The molecule has 1 rings (SSSR count). The van der Waals surface area contributed by atoms with Crippen LogP contribution < -0.4 is 16.2 Å². The van der Waals surface area contributed by atoms with E-state index in [0.717, 1.165) is 16.9 Å². The molecule has 0 aliphatic heterocycles. The molecule has 4 nitrogen and oxygen atoms in total. The van der Waals surface area contributed by atoms with Crippen LogP contribution in [-0.4, -0.2) is 18.1 Å². The average Bonchev–Trinajstić information content (AvgIpc) is 2.24. The number of benzene rings is 1. The molecule has 18 heavy (non-hydrogen) atoms. The predicted octanol–water partition coefficient (Wildman–Crippen LogP) is 1.58. The highest BCUT2D eigenvalue weighted by Crippen LogP contribution is 2.23. The van der Waals surface area contributed by atoms with Gasteiger partial charge in [0.25, 0.3) is 0 Å². The van der Waals surface area contributed by atoms with Gasteiger partial charge in [0.05, 0.1) is 12.1 Å². The van der Waals surface area contributed by atoms with E-state index >= 15 is 0 Å². The number of hydrogen-bond donors (Lipinski definition) is 2. The number of aryl methyl sites for hydroxylation is 2. The van der Waals surface area contributed by atoms with E-state index in [1.165, 1.54) is 5.56 Å². The predicted molar refractivity (Wildman–Crippen MR) is 72.6 cm³/mol. The van der Waals surface area contributed by atoms with E-state index in [2.05, 4.69) is 6.07 Å². The zero-order valence-corrected chi connectivity index (χ0v) is 11.5. The summed E-state index contributed by atoms with van der Waals surface area (Å²) in [6.07, 6.45) is 0.398. The van der Waals surface area contributed by atoms with Crippen molar-refractivity contribution in [3.8, 4) is 5.75 Å². The standard InChI is InChI=1S/C14H22N2O2/c1-9-7-10(2)11(3)12(8-9)18-6-5-14(4,16)13(15)17/h7-8H,5-6,16H2,1-4H3,(H2,15,17). The van der Waals surface area contributed by atoms with Crippen molar-refractivity contribution in [2.75, 3.05) is 6.61 Å². The van der Waals surface area contributed by atoms with E-state index in [1.54, 1.807) is 6.92 Å². The largest absolute Gasteiger partial charge is 0.493 e. The first-order valence-electron chi connectivity index (χ1n) is 6.03. The minimum Gasteiger partial charge on any atom is -0.493 e. The summed E-state index contributed by atoms with van der Waals surface area (Å²) in [5.41, 5.74) is 13.4. The number of carbonyl (C=O) groups excluding carboxylic acids is 1. The van der Waals surface area contributed by atoms with E-state index in [9.17, 15) is 4.79 Å². The van der Waals surface area contributed by atoms with E-state index in [-0.39, 0.29) is 0 Å². The molecule has 4 N–H and O–H groups in total. The summed E-state index contributed by atoms with van der Waals surface area (Å²) in [5, 5.41) is 0. The summed E-state index contributed by atoms with van der Waals surface area (Å²) < 4.78 is 5.70. The summed E-state index contributed by atoms with van der Waals surface area (Å²) in [4.78, 5) is 11.1. The third-order valence-electron chi connectivity index (χ3n) is 3.21. The highest BCUT2D eigenvalue weighted by atomic mass is 16.5. The van der Waals surface area contributed by atoms with Crippen LogP contribution in [0.3, 0.4) is 0 Å². The van der Waals surface area contributed by atoms with Crippen molar-refractivity contribution in [3.63, 3.8) is 0 Å². The third-order valence-corrected chi connectivity index (χ3v) is 3.21. The number of amides is 1. The molecule has 0 saturated carbocycles. The lowest BCUT2D eigenvalue weighted by molar-refractivity contribution is -0.123. The molecule has 1 aromatic rings.